The van der Waals surface area contributed by atoms with Gasteiger partial charge in [-0.15, -0.1) is 0 Å². The van der Waals surface area contributed by atoms with Gasteiger partial charge < -0.3 is 14.8 Å². The Kier molecular flexibility index (Phi) is 10.5. The molecule has 0 aliphatic rings. The zero-order chi connectivity index (χ0) is 24.5. The largest absolute Gasteiger partial charge is 0.493 e. The fraction of sp³-hybridized carbons (Fsp3) is 0.348. The molecule has 2 amide bonds. The van der Waals surface area contributed by atoms with Crippen LogP contribution in [0.25, 0.3) is 0 Å². The van der Waals surface area contributed by atoms with Gasteiger partial charge >= 0.3 is 0 Å². The number of methoxy groups -OCH3 is 1. The first-order valence-electron chi connectivity index (χ1n) is 10.3. The van der Waals surface area contributed by atoms with Crippen molar-refractivity contribution in [2.24, 2.45) is 11.0 Å². The van der Waals surface area contributed by atoms with Gasteiger partial charge in [0.15, 0.2) is 11.5 Å². The van der Waals surface area contributed by atoms with E-state index in [-0.39, 0.29) is 16.5 Å². The summed E-state index contributed by atoms with van der Waals surface area (Å²) in [5.74, 6) is 0.000606. The van der Waals surface area contributed by atoms with Crippen molar-refractivity contribution >= 4 is 57.2 Å². The van der Waals surface area contributed by atoms with E-state index in [1.165, 1.54) is 18.3 Å². The van der Waals surface area contributed by atoms with Gasteiger partial charge in [0.2, 0.25) is 0 Å². The average Bonchev–Trinajstić information content (AvgIpc) is 2.75. The summed E-state index contributed by atoms with van der Waals surface area (Å²) in [5, 5.41) is 7.34. The minimum absolute atomic E-state index is 0.195. The molecule has 1 unspecified atom stereocenters. The second-order valence-electron chi connectivity index (χ2n) is 7.44. The fourth-order valence-corrected chi connectivity index (χ4v) is 3.89. The highest BCUT2D eigenvalue weighted by molar-refractivity contribution is 9.10. The number of nitrogens with zero attached hydrogens (tertiary/aromatic N) is 1. The number of amides is 2. The summed E-state index contributed by atoms with van der Waals surface area (Å²) in [5.41, 5.74) is 3.38. The van der Waals surface area contributed by atoms with Crippen molar-refractivity contribution < 1.29 is 19.1 Å². The van der Waals surface area contributed by atoms with E-state index in [0.29, 0.717) is 33.2 Å². The number of hydrazone groups is 1. The molecular weight excluding hydrogens is 533 g/mol. The zero-order valence-electron chi connectivity index (χ0n) is 18.7. The third-order valence-electron chi connectivity index (χ3n) is 4.50. The molecule has 0 saturated heterocycles. The molecule has 7 nitrogen and oxygen atoms in total. The molecule has 0 heterocycles. The second kappa shape index (κ2) is 12.8. The Morgan fingerprint density at radius 1 is 1.21 bits per heavy atom. The molecule has 0 aliphatic heterocycles. The molecule has 0 saturated carbocycles. The number of carbonyl (C=O) groups is 2. The maximum atomic E-state index is 12.7. The maximum absolute atomic E-state index is 12.7. The van der Waals surface area contributed by atoms with Crippen LogP contribution in [0.15, 0.2) is 39.9 Å². The summed E-state index contributed by atoms with van der Waals surface area (Å²) in [4.78, 5) is 25.3. The summed E-state index contributed by atoms with van der Waals surface area (Å²) < 4.78 is 11.8. The van der Waals surface area contributed by atoms with E-state index in [1.54, 1.807) is 25.3 Å². The summed E-state index contributed by atoms with van der Waals surface area (Å²) in [6.07, 6.45) is 2.34. The molecule has 2 aromatic rings. The zero-order valence-corrected chi connectivity index (χ0v) is 21.8. The first kappa shape index (κ1) is 27.0. The summed E-state index contributed by atoms with van der Waals surface area (Å²) >= 11 is 15.5. The number of benzene rings is 2. The Bertz CT molecular complexity index is 1030. The fourth-order valence-electron chi connectivity index (χ4n) is 2.83. The molecular formula is C23H26BrCl2N3O4. The van der Waals surface area contributed by atoms with Crippen LogP contribution in [-0.4, -0.2) is 37.8 Å². The normalized spacial score (nSPS) is 12.0. The van der Waals surface area contributed by atoms with Crippen molar-refractivity contribution in [2.75, 3.05) is 13.7 Å². The summed E-state index contributed by atoms with van der Waals surface area (Å²) in [6, 6.07) is 7.25. The minimum Gasteiger partial charge on any atom is -0.493 e. The van der Waals surface area contributed by atoms with E-state index in [2.05, 4.69) is 31.8 Å². The van der Waals surface area contributed by atoms with E-state index in [0.717, 1.165) is 6.42 Å². The molecule has 178 valence electrons. The van der Waals surface area contributed by atoms with Crippen molar-refractivity contribution in [1.82, 2.24) is 10.7 Å². The van der Waals surface area contributed by atoms with Crippen molar-refractivity contribution in [3.63, 3.8) is 0 Å². The second-order valence-corrected chi connectivity index (χ2v) is 9.13. The molecule has 1 atom stereocenters. The van der Waals surface area contributed by atoms with E-state index >= 15 is 0 Å². The Balaban J connectivity index is 2.10. The van der Waals surface area contributed by atoms with E-state index in [9.17, 15) is 9.59 Å². The van der Waals surface area contributed by atoms with Crippen LogP contribution in [0, 0.1) is 5.92 Å². The first-order valence-corrected chi connectivity index (χ1v) is 11.8. The molecule has 0 aliphatic carbocycles. The quantitative estimate of drug-likeness (QED) is 0.299. The molecule has 0 aromatic heterocycles. The van der Waals surface area contributed by atoms with Gasteiger partial charge in [0.25, 0.3) is 11.8 Å². The van der Waals surface area contributed by atoms with Crippen LogP contribution < -0.4 is 20.2 Å². The van der Waals surface area contributed by atoms with Gasteiger partial charge in [0.05, 0.1) is 35.0 Å². The highest BCUT2D eigenvalue weighted by Crippen LogP contribution is 2.36. The van der Waals surface area contributed by atoms with Crippen LogP contribution in [0.3, 0.4) is 0 Å². The molecule has 2 N–H and O–H groups in total. The number of halogens is 3. The Hall–Kier alpha value is -2.29. The number of rotatable bonds is 10. The van der Waals surface area contributed by atoms with Gasteiger partial charge in [-0.3, -0.25) is 9.59 Å². The van der Waals surface area contributed by atoms with Gasteiger partial charge in [-0.1, -0.05) is 44.0 Å². The predicted molar refractivity (Wildman–Crippen MR) is 135 cm³/mol. The van der Waals surface area contributed by atoms with Crippen LogP contribution in [0.4, 0.5) is 0 Å². The smallest absolute Gasteiger partial charge is 0.262 e. The van der Waals surface area contributed by atoms with E-state index in [1.807, 2.05) is 20.8 Å². The van der Waals surface area contributed by atoms with Crippen molar-refractivity contribution in [3.8, 4) is 11.5 Å². The van der Waals surface area contributed by atoms with Crippen LogP contribution in [0.5, 0.6) is 11.5 Å². The lowest BCUT2D eigenvalue weighted by Crippen LogP contribution is -2.48. The van der Waals surface area contributed by atoms with Crippen molar-refractivity contribution in [1.29, 1.82) is 0 Å². The lowest BCUT2D eigenvalue weighted by atomic mass is 10.0. The number of ether oxygens (including phenoxy) is 2. The molecule has 33 heavy (non-hydrogen) atoms. The molecule has 2 rings (SSSR count). The minimum atomic E-state index is -0.826. The van der Waals surface area contributed by atoms with E-state index in [4.69, 9.17) is 32.7 Å². The molecule has 0 spiro atoms. The van der Waals surface area contributed by atoms with Gasteiger partial charge in [0, 0.05) is 5.02 Å². The topological polar surface area (TPSA) is 89.0 Å². The van der Waals surface area contributed by atoms with Crippen LogP contribution in [0.2, 0.25) is 10.0 Å². The van der Waals surface area contributed by atoms with Gasteiger partial charge in [0.1, 0.15) is 6.04 Å². The number of carbonyl (C=O) groups excluding carboxylic acids is 2. The molecule has 0 radical (unpaired) electrons. The third kappa shape index (κ3) is 7.62. The molecule has 0 bridgehead atoms. The van der Waals surface area contributed by atoms with Crippen LogP contribution in [-0.2, 0) is 4.79 Å². The SMILES string of the molecule is CCCOc1c(Br)cc(C=NNC(=O)C(NC(=O)c2ccc(Cl)cc2Cl)C(C)C)cc1OC. The van der Waals surface area contributed by atoms with Gasteiger partial charge in [-0.05, 0) is 64.2 Å². The lowest BCUT2D eigenvalue weighted by molar-refractivity contribution is -0.123. The number of hydrogen-bond acceptors (Lipinski definition) is 5. The van der Waals surface area contributed by atoms with Crippen molar-refractivity contribution in [3.05, 3.63) is 56.0 Å². The number of nitrogens with one attached hydrogen (secondary N) is 2. The van der Waals surface area contributed by atoms with Crippen molar-refractivity contribution in [2.45, 2.75) is 33.2 Å². The first-order chi connectivity index (χ1) is 15.7. The lowest BCUT2D eigenvalue weighted by Gasteiger charge is -2.20. The standard InChI is InChI=1S/C23H26BrCl2N3O4/c1-5-8-33-21-17(24)9-14(10-19(21)32-4)12-27-29-23(31)20(13(2)3)28-22(30)16-7-6-15(25)11-18(16)26/h6-7,9-13,20H,5,8H2,1-4H3,(H,28,30)(H,29,31). The Morgan fingerprint density at radius 2 is 1.94 bits per heavy atom. The monoisotopic (exact) mass is 557 g/mol. The summed E-state index contributed by atoms with van der Waals surface area (Å²) in [6.45, 7) is 6.20. The summed E-state index contributed by atoms with van der Waals surface area (Å²) in [7, 11) is 1.55. The van der Waals surface area contributed by atoms with Crippen LogP contribution >= 0.6 is 39.1 Å². The molecule has 0 fully saturated rings. The third-order valence-corrected chi connectivity index (χ3v) is 5.64. The van der Waals surface area contributed by atoms with Crippen LogP contribution in [0.1, 0.15) is 43.1 Å². The maximum Gasteiger partial charge on any atom is 0.262 e. The number of hydrogen-bond donors (Lipinski definition) is 2. The van der Waals surface area contributed by atoms with E-state index < -0.39 is 17.9 Å². The average molecular weight is 559 g/mol. The Morgan fingerprint density at radius 3 is 2.55 bits per heavy atom. The highest BCUT2D eigenvalue weighted by Gasteiger charge is 2.25. The van der Waals surface area contributed by atoms with Gasteiger partial charge in [-0.2, -0.15) is 5.10 Å². The highest BCUT2D eigenvalue weighted by atomic mass is 79.9. The predicted octanol–water partition coefficient (Wildman–Crippen LogP) is 5.46. The molecule has 10 heteroatoms. The molecule has 2 aromatic carbocycles. The van der Waals surface area contributed by atoms with Gasteiger partial charge in [-0.25, -0.2) is 5.43 Å². The Labute approximate surface area is 211 Å².